The van der Waals surface area contributed by atoms with Gasteiger partial charge < -0.3 is 9.80 Å². The Hall–Kier alpha value is -2.70. The van der Waals surface area contributed by atoms with Crippen molar-refractivity contribution in [3.05, 3.63) is 35.4 Å². The van der Waals surface area contributed by atoms with Crippen molar-refractivity contribution in [2.45, 2.75) is 32.6 Å². The van der Waals surface area contributed by atoms with Crippen LogP contribution in [0.1, 0.15) is 48.5 Å². The number of nitrogens with one attached hydrogen (secondary N) is 1. The predicted molar refractivity (Wildman–Crippen MR) is 97.8 cm³/mol. The number of carbonyl (C=O) groups excluding carboxylic acids is 3. The Bertz CT molecular complexity index is 732. The summed E-state index contributed by atoms with van der Waals surface area (Å²) in [6.07, 6.45) is 0.654. The van der Waals surface area contributed by atoms with Crippen LogP contribution in [0.4, 0.5) is 0 Å². The van der Waals surface area contributed by atoms with Crippen molar-refractivity contribution < 1.29 is 14.4 Å². The molecular weight excluding hydrogens is 332 g/mol. The van der Waals surface area contributed by atoms with Gasteiger partial charge in [0.2, 0.25) is 5.91 Å². The molecule has 138 valence electrons. The second-order valence-corrected chi connectivity index (χ2v) is 6.95. The van der Waals surface area contributed by atoms with E-state index in [1.54, 1.807) is 9.80 Å². The SMILES string of the molecule is CC(C)c1ccc(C(=O)N2CCN(C(=O)C3=NNC(=O)CC3)CC2)cc1. The van der Waals surface area contributed by atoms with Crippen LogP contribution in [0.25, 0.3) is 0 Å². The molecule has 1 aromatic carbocycles. The average Bonchev–Trinajstić information content (AvgIpc) is 2.67. The number of carbonyl (C=O) groups is 3. The first-order chi connectivity index (χ1) is 12.5. The molecule has 0 bridgehead atoms. The lowest BCUT2D eigenvalue weighted by atomic mass is 10.0. The second-order valence-electron chi connectivity index (χ2n) is 6.95. The fourth-order valence-electron chi connectivity index (χ4n) is 3.12. The summed E-state index contributed by atoms with van der Waals surface area (Å²) in [5, 5.41) is 3.86. The van der Waals surface area contributed by atoms with Crippen molar-refractivity contribution in [2.75, 3.05) is 26.2 Å². The summed E-state index contributed by atoms with van der Waals surface area (Å²) in [6, 6.07) is 7.73. The predicted octanol–water partition coefficient (Wildman–Crippen LogP) is 1.36. The van der Waals surface area contributed by atoms with E-state index in [-0.39, 0.29) is 24.1 Å². The average molecular weight is 356 g/mol. The molecule has 0 radical (unpaired) electrons. The quantitative estimate of drug-likeness (QED) is 0.888. The summed E-state index contributed by atoms with van der Waals surface area (Å²) in [7, 11) is 0. The number of piperazine rings is 1. The minimum absolute atomic E-state index is 0.00493. The highest BCUT2D eigenvalue weighted by molar-refractivity contribution is 6.39. The summed E-state index contributed by atoms with van der Waals surface area (Å²) < 4.78 is 0. The lowest BCUT2D eigenvalue weighted by Gasteiger charge is -2.35. The van der Waals surface area contributed by atoms with Gasteiger partial charge >= 0.3 is 0 Å². The summed E-state index contributed by atoms with van der Waals surface area (Å²) >= 11 is 0. The Morgan fingerprint density at radius 3 is 2.04 bits per heavy atom. The Morgan fingerprint density at radius 1 is 0.962 bits per heavy atom. The number of benzene rings is 1. The first-order valence-corrected chi connectivity index (χ1v) is 8.99. The van der Waals surface area contributed by atoms with Crippen molar-refractivity contribution in [2.24, 2.45) is 5.10 Å². The number of amides is 3. The number of rotatable bonds is 3. The topological polar surface area (TPSA) is 82.1 Å². The zero-order valence-electron chi connectivity index (χ0n) is 15.2. The lowest BCUT2D eigenvalue weighted by Crippen LogP contribution is -2.52. The first-order valence-electron chi connectivity index (χ1n) is 8.99. The number of hydrazone groups is 1. The highest BCUT2D eigenvalue weighted by atomic mass is 16.2. The van der Waals surface area contributed by atoms with Gasteiger partial charge in [-0.25, -0.2) is 5.43 Å². The standard InChI is InChI=1S/C19H24N4O3/c1-13(2)14-3-5-15(6-4-14)18(25)22-9-11-23(12-10-22)19(26)16-7-8-17(24)21-20-16/h3-6,13H,7-12H2,1-2H3,(H,21,24). The molecule has 7 nitrogen and oxygen atoms in total. The van der Waals surface area contributed by atoms with Gasteiger partial charge in [-0.05, 0) is 23.6 Å². The molecule has 1 aromatic rings. The van der Waals surface area contributed by atoms with Gasteiger partial charge in [-0.3, -0.25) is 14.4 Å². The maximum absolute atomic E-state index is 12.6. The molecule has 0 saturated carbocycles. The van der Waals surface area contributed by atoms with Gasteiger partial charge in [0.25, 0.3) is 11.8 Å². The van der Waals surface area contributed by atoms with Crippen LogP contribution in [0, 0.1) is 0 Å². The minimum atomic E-state index is -0.166. The molecule has 1 fully saturated rings. The molecule has 0 unspecified atom stereocenters. The molecule has 2 heterocycles. The molecule has 0 atom stereocenters. The maximum Gasteiger partial charge on any atom is 0.270 e. The van der Waals surface area contributed by atoms with Crippen LogP contribution in [0.15, 0.2) is 29.4 Å². The fourth-order valence-corrected chi connectivity index (χ4v) is 3.12. The lowest BCUT2D eigenvalue weighted by molar-refractivity contribution is -0.126. The van der Waals surface area contributed by atoms with Gasteiger partial charge in [-0.1, -0.05) is 26.0 Å². The Kier molecular flexibility index (Phi) is 5.35. The number of hydrogen-bond donors (Lipinski definition) is 1. The number of nitrogens with zero attached hydrogens (tertiary/aromatic N) is 3. The summed E-state index contributed by atoms with van der Waals surface area (Å²) in [4.78, 5) is 39.7. The van der Waals surface area contributed by atoms with Crippen molar-refractivity contribution in [3.63, 3.8) is 0 Å². The maximum atomic E-state index is 12.6. The van der Waals surface area contributed by atoms with E-state index in [0.717, 1.165) is 0 Å². The summed E-state index contributed by atoms with van der Waals surface area (Å²) in [5.41, 5.74) is 4.61. The van der Waals surface area contributed by atoms with E-state index in [4.69, 9.17) is 0 Å². The molecule has 3 rings (SSSR count). The Labute approximate surface area is 153 Å². The largest absolute Gasteiger partial charge is 0.335 e. The van der Waals surface area contributed by atoms with Crippen molar-refractivity contribution >= 4 is 23.4 Å². The van der Waals surface area contributed by atoms with E-state index in [0.29, 0.717) is 49.8 Å². The highest BCUT2D eigenvalue weighted by Gasteiger charge is 2.28. The Balaban J connectivity index is 1.57. The third kappa shape index (κ3) is 3.92. The molecule has 0 aromatic heterocycles. The molecule has 0 spiro atoms. The van der Waals surface area contributed by atoms with Crippen LogP contribution < -0.4 is 5.43 Å². The minimum Gasteiger partial charge on any atom is -0.335 e. The third-order valence-electron chi connectivity index (χ3n) is 4.83. The second kappa shape index (κ2) is 7.68. The van der Waals surface area contributed by atoms with E-state index < -0.39 is 0 Å². The van der Waals surface area contributed by atoms with Gasteiger partial charge in [0.05, 0.1) is 0 Å². The molecule has 1 N–H and O–H groups in total. The van der Waals surface area contributed by atoms with Crippen LogP contribution in [0.3, 0.4) is 0 Å². The van der Waals surface area contributed by atoms with E-state index >= 15 is 0 Å². The van der Waals surface area contributed by atoms with E-state index in [1.807, 2.05) is 24.3 Å². The van der Waals surface area contributed by atoms with Gasteiger partial charge in [0.1, 0.15) is 5.71 Å². The van der Waals surface area contributed by atoms with Crippen molar-refractivity contribution in [3.8, 4) is 0 Å². The van der Waals surface area contributed by atoms with Crippen LogP contribution in [-0.2, 0) is 9.59 Å². The highest BCUT2D eigenvalue weighted by Crippen LogP contribution is 2.16. The monoisotopic (exact) mass is 356 g/mol. The van der Waals surface area contributed by atoms with Crippen LogP contribution >= 0.6 is 0 Å². The summed E-state index contributed by atoms with van der Waals surface area (Å²) in [6.45, 7) is 6.18. The smallest absolute Gasteiger partial charge is 0.270 e. The van der Waals surface area contributed by atoms with Crippen LogP contribution in [-0.4, -0.2) is 59.4 Å². The zero-order valence-corrected chi connectivity index (χ0v) is 15.2. The van der Waals surface area contributed by atoms with Gasteiger partial charge in [0, 0.05) is 44.6 Å². The van der Waals surface area contributed by atoms with Crippen molar-refractivity contribution in [1.82, 2.24) is 15.2 Å². The van der Waals surface area contributed by atoms with Gasteiger partial charge in [0.15, 0.2) is 0 Å². The Morgan fingerprint density at radius 2 is 1.54 bits per heavy atom. The molecule has 0 aliphatic carbocycles. The molecule has 7 heteroatoms. The van der Waals surface area contributed by atoms with Gasteiger partial charge in [-0.2, -0.15) is 5.10 Å². The van der Waals surface area contributed by atoms with E-state index in [1.165, 1.54) is 5.56 Å². The van der Waals surface area contributed by atoms with Gasteiger partial charge in [-0.15, -0.1) is 0 Å². The van der Waals surface area contributed by atoms with Crippen LogP contribution in [0.2, 0.25) is 0 Å². The third-order valence-corrected chi connectivity index (χ3v) is 4.83. The van der Waals surface area contributed by atoms with Crippen molar-refractivity contribution in [1.29, 1.82) is 0 Å². The number of hydrogen-bond acceptors (Lipinski definition) is 4. The molecule has 1 saturated heterocycles. The summed E-state index contributed by atoms with van der Waals surface area (Å²) in [5.74, 6) is 0.106. The zero-order chi connectivity index (χ0) is 18.7. The van der Waals surface area contributed by atoms with E-state index in [2.05, 4.69) is 24.4 Å². The molecule has 2 aliphatic rings. The molecule has 3 amide bonds. The molecule has 2 aliphatic heterocycles. The molecular formula is C19H24N4O3. The first kappa shape index (κ1) is 18.1. The molecule has 26 heavy (non-hydrogen) atoms. The fraction of sp³-hybridized carbons (Fsp3) is 0.474. The van der Waals surface area contributed by atoms with E-state index in [9.17, 15) is 14.4 Å². The van der Waals surface area contributed by atoms with Crippen LogP contribution in [0.5, 0.6) is 0 Å². The normalized spacial score (nSPS) is 17.8.